The van der Waals surface area contributed by atoms with Gasteiger partial charge >= 0.3 is 6.09 Å². The molecule has 76 heavy (non-hydrogen) atoms. The Balaban J connectivity index is 0.773. The van der Waals surface area contributed by atoms with Gasteiger partial charge in [0.2, 0.25) is 11.8 Å². The van der Waals surface area contributed by atoms with Gasteiger partial charge in [0.15, 0.2) is 29.2 Å². The minimum atomic E-state index is -1.44. The SMILES string of the molecule is COc1cc2c(cc1OCCCOc1cc3c(cc1OC)C(=O)N1CC4(CC4)CC1C(O)N3C(=O)OCc1ccc(NC(=O)CNC(=O)[C@@H](N)Cc3ccccc3)cc1)NC[C@@H]1CC(C3=CCC(OC)C=C3)=CN1C2=O. The number of aliphatic hydroxyl groups excluding tert-OH is 1. The van der Waals surface area contributed by atoms with Crippen molar-refractivity contribution in [3.05, 3.63) is 137 Å². The van der Waals surface area contributed by atoms with E-state index in [1.54, 1.807) is 53.3 Å². The van der Waals surface area contributed by atoms with Crippen LogP contribution in [0.5, 0.6) is 23.0 Å². The molecule has 4 aliphatic heterocycles. The van der Waals surface area contributed by atoms with Crippen molar-refractivity contribution < 1.29 is 57.5 Å². The topological polar surface area (TPSA) is 233 Å². The molecule has 398 valence electrons. The summed E-state index contributed by atoms with van der Waals surface area (Å²) >= 11 is 0. The average Bonchev–Trinajstić information content (AvgIpc) is 3.95. The number of ether oxygens (including phenoxy) is 6. The maximum absolute atomic E-state index is 14.4. The molecule has 4 aromatic carbocycles. The number of nitrogens with two attached hydrogens (primary N) is 1. The first-order valence-corrected chi connectivity index (χ1v) is 25.6. The number of carbonyl (C=O) groups excluding carboxylic acids is 5. The number of hydrogen-bond donors (Lipinski definition) is 5. The molecular weight excluding hydrogens is 975 g/mol. The summed E-state index contributed by atoms with van der Waals surface area (Å²) in [6, 6.07) is 20.9. The largest absolute Gasteiger partial charge is 0.493 e. The summed E-state index contributed by atoms with van der Waals surface area (Å²) in [5, 5.41) is 20.8. The van der Waals surface area contributed by atoms with Crippen molar-refractivity contribution in [1.82, 2.24) is 15.1 Å². The lowest BCUT2D eigenvalue weighted by molar-refractivity contribution is -0.125. The number of methoxy groups -OCH3 is 3. The highest BCUT2D eigenvalue weighted by atomic mass is 16.6. The van der Waals surface area contributed by atoms with Crippen molar-refractivity contribution in [3.8, 4) is 23.0 Å². The van der Waals surface area contributed by atoms with E-state index < -0.39 is 36.2 Å². The third-order valence-electron chi connectivity index (χ3n) is 15.0. The Hall–Kier alpha value is -7.87. The second kappa shape index (κ2) is 22.1. The number of rotatable bonds is 18. The van der Waals surface area contributed by atoms with Crippen LogP contribution in [0.1, 0.15) is 70.4 Å². The summed E-state index contributed by atoms with van der Waals surface area (Å²) in [6.07, 6.45) is 10.5. The van der Waals surface area contributed by atoms with Crippen LogP contribution in [-0.4, -0.2) is 129 Å². The minimum absolute atomic E-state index is 0.0542. The summed E-state index contributed by atoms with van der Waals surface area (Å²) < 4.78 is 35.2. The molecule has 1 spiro atoms. The molecule has 1 saturated heterocycles. The van der Waals surface area contributed by atoms with Crippen LogP contribution in [0.3, 0.4) is 0 Å². The van der Waals surface area contributed by atoms with Crippen LogP contribution in [0.25, 0.3) is 0 Å². The maximum Gasteiger partial charge on any atom is 0.416 e. The molecule has 2 fully saturated rings. The van der Waals surface area contributed by atoms with Crippen LogP contribution >= 0.6 is 0 Å². The Morgan fingerprint density at radius 1 is 0.882 bits per heavy atom. The van der Waals surface area contributed by atoms with E-state index in [9.17, 15) is 29.1 Å². The second-order valence-corrected chi connectivity index (χ2v) is 20.1. The van der Waals surface area contributed by atoms with Gasteiger partial charge in [-0.05, 0) is 90.5 Å². The fraction of sp³-hybridized carbons (Fsp3) is 0.386. The molecule has 1 saturated carbocycles. The predicted molar refractivity (Wildman–Crippen MR) is 281 cm³/mol. The first-order valence-electron chi connectivity index (χ1n) is 25.6. The summed E-state index contributed by atoms with van der Waals surface area (Å²) in [5.41, 5.74) is 11.5. The summed E-state index contributed by atoms with van der Waals surface area (Å²) in [5.74, 6) is -0.0443. The molecular formula is C57H63N7O12. The first-order chi connectivity index (χ1) is 36.8. The quantitative estimate of drug-likeness (QED) is 0.0713. The molecule has 10 rings (SSSR count). The van der Waals surface area contributed by atoms with Crippen molar-refractivity contribution in [2.24, 2.45) is 11.1 Å². The molecule has 19 nitrogen and oxygen atoms in total. The number of benzene rings is 4. The van der Waals surface area contributed by atoms with E-state index in [-0.39, 0.29) is 78.5 Å². The monoisotopic (exact) mass is 1040 g/mol. The normalized spacial score (nSPS) is 21.1. The number of anilines is 3. The lowest BCUT2D eigenvalue weighted by Gasteiger charge is -2.31. The third-order valence-corrected chi connectivity index (χ3v) is 15.0. The molecule has 4 aromatic rings. The van der Waals surface area contributed by atoms with Gasteiger partial charge in [0.25, 0.3) is 11.8 Å². The van der Waals surface area contributed by atoms with Crippen molar-refractivity contribution in [2.45, 2.75) is 82.0 Å². The summed E-state index contributed by atoms with van der Waals surface area (Å²) in [4.78, 5) is 72.4. The Bertz CT molecular complexity index is 2980. The van der Waals surface area contributed by atoms with Crippen LogP contribution in [0, 0.1) is 5.41 Å². The lowest BCUT2D eigenvalue weighted by atomic mass is 9.96. The number of nitrogens with zero attached hydrogens (tertiary/aromatic N) is 3. The number of amides is 5. The van der Waals surface area contributed by atoms with Crippen LogP contribution in [0.4, 0.5) is 21.9 Å². The predicted octanol–water partition coefficient (Wildman–Crippen LogP) is 6.07. The first kappa shape index (κ1) is 51.6. The van der Waals surface area contributed by atoms with E-state index in [1.807, 2.05) is 42.6 Å². The highest BCUT2D eigenvalue weighted by Crippen LogP contribution is 2.57. The number of nitrogens with one attached hydrogen (secondary N) is 3. The number of carbonyl (C=O) groups is 5. The van der Waals surface area contributed by atoms with Crippen molar-refractivity contribution >= 4 is 46.8 Å². The van der Waals surface area contributed by atoms with Gasteiger partial charge in [-0.3, -0.25) is 19.2 Å². The molecule has 4 heterocycles. The minimum Gasteiger partial charge on any atom is -0.493 e. The molecule has 5 atom stereocenters. The van der Waals surface area contributed by atoms with Gasteiger partial charge in [0, 0.05) is 50.6 Å². The van der Waals surface area contributed by atoms with E-state index in [0.717, 1.165) is 40.9 Å². The van der Waals surface area contributed by atoms with E-state index in [4.69, 9.17) is 34.2 Å². The zero-order valence-electron chi connectivity index (χ0n) is 42.8. The van der Waals surface area contributed by atoms with E-state index in [0.29, 0.717) is 72.8 Å². The lowest BCUT2D eigenvalue weighted by Crippen LogP contribution is -2.50. The van der Waals surface area contributed by atoms with Gasteiger partial charge in [0.1, 0.15) is 6.61 Å². The Morgan fingerprint density at radius 3 is 2.29 bits per heavy atom. The Kier molecular flexibility index (Phi) is 15.0. The van der Waals surface area contributed by atoms with E-state index in [2.05, 4.69) is 28.1 Å². The van der Waals surface area contributed by atoms with Crippen molar-refractivity contribution in [3.63, 3.8) is 0 Å². The van der Waals surface area contributed by atoms with E-state index >= 15 is 0 Å². The third kappa shape index (κ3) is 10.9. The molecule has 6 aliphatic rings. The number of hydrogen-bond acceptors (Lipinski definition) is 14. The zero-order valence-corrected chi connectivity index (χ0v) is 42.8. The van der Waals surface area contributed by atoms with Crippen LogP contribution in [-0.2, 0) is 32.1 Å². The molecule has 19 heteroatoms. The second-order valence-electron chi connectivity index (χ2n) is 20.1. The van der Waals surface area contributed by atoms with Gasteiger partial charge < -0.3 is 65.0 Å². The van der Waals surface area contributed by atoms with Gasteiger partial charge in [-0.1, -0.05) is 60.7 Å². The highest BCUT2D eigenvalue weighted by Gasteiger charge is 2.58. The Labute approximate surface area is 440 Å². The zero-order chi connectivity index (χ0) is 53.1. The standard InChI is InChI=1S/C57H63N7O12/c1-71-40-16-12-36(13-17-40)37-23-39-29-59-44-26-49(47(72-2)24-41(44)53(67)62(39)31-37)74-20-7-21-75-50-27-45-42(25-48(50)73-3)54(68)63-33-57(18-19-57)28-46(63)55(69)64(45)56(70)76-32-35-10-14-38(15-11-35)61-51(65)30-60-52(66)43(58)22-34-8-5-4-6-9-34/h4-6,8-16,24-27,31,39-40,43,46,55,59,69H,7,17-23,28-30,32-33,58H2,1-3H3,(H,60,66)(H,61,65)/t39-,40?,43-,46?,55?/m0/s1. The number of fused-ring (bicyclic) bond motifs is 4. The molecule has 0 bridgehead atoms. The molecule has 0 aromatic heterocycles. The molecule has 2 aliphatic carbocycles. The van der Waals surface area contributed by atoms with Crippen LogP contribution in [0.15, 0.2) is 114 Å². The Morgan fingerprint density at radius 2 is 1.61 bits per heavy atom. The van der Waals surface area contributed by atoms with Crippen molar-refractivity contribution in [1.29, 1.82) is 0 Å². The molecule has 0 radical (unpaired) electrons. The van der Waals surface area contributed by atoms with Gasteiger partial charge in [-0.25, -0.2) is 9.69 Å². The molecule has 5 amide bonds. The summed E-state index contributed by atoms with van der Waals surface area (Å²) in [7, 11) is 4.68. The van der Waals surface area contributed by atoms with Crippen LogP contribution in [0.2, 0.25) is 0 Å². The highest BCUT2D eigenvalue weighted by molar-refractivity contribution is 6.06. The van der Waals surface area contributed by atoms with Crippen molar-refractivity contribution in [2.75, 3.05) is 69.7 Å². The maximum atomic E-state index is 14.4. The van der Waals surface area contributed by atoms with Gasteiger partial charge in [-0.2, -0.15) is 0 Å². The average molecular weight is 1040 g/mol. The summed E-state index contributed by atoms with van der Waals surface area (Å²) in [6.45, 7) is 0.863. The van der Waals surface area contributed by atoms with Gasteiger partial charge in [-0.15, -0.1) is 0 Å². The number of aliphatic hydroxyl groups is 1. The van der Waals surface area contributed by atoms with E-state index in [1.165, 1.54) is 26.4 Å². The number of allylic oxidation sites excluding steroid dienone is 2. The fourth-order valence-corrected chi connectivity index (χ4v) is 10.6. The fourth-order valence-electron chi connectivity index (χ4n) is 10.6. The smallest absolute Gasteiger partial charge is 0.416 e. The van der Waals surface area contributed by atoms with Gasteiger partial charge in [0.05, 0.1) is 80.7 Å². The molecule has 6 N–H and O–H groups in total. The molecule has 3 unspecified atom stereocenters. The van der Waals surface area contributed by atoms with Crippen LogP contribution < -0.4 is 45.5 Å².